The van der Waals surface area contributed by atoms with Crippen LogP contribution in [0.1, 0.15) is 5.56 Å². The van der Waals surface area contributed by atoms with Gasteiger partial charge in [-0.3, -0.25) is 0 Å². The Bertz CT molecular complexity index is 1490. The van der Waals surface area contributed by atoms with Crippen molar-refractivity contribution in [2.45, 2.75) is 4.90 Å². The van der Waals surface area contributed by atoms with Crippen molar-refractivity contribution in [3.05, 3.63) is 66.1 Å². The second-order valence-electron chi connectivity index (χ2n) is 6.48. The lowest BCUT2D eigenvalue weighted by molar-refractivity contribution is 0.399. The number of nitrogens with two attached hydrogens (primary N) is 1. The Balaban J connectivity index is 1.96. The van der Waals surface area contributed by atoms with Crippen LogP contribution in [-0.2, 0) is 10.0 Å². The van der Waals surface area contributed by atoms with Crippen molar-refractivity contribution in [1.29, 1.82) is 5.26 Å². The number of pyridine rings is 2. The van der Waals surface area contributed by atoms with E-state index in [1.54, 1.807) is 18.3 Å². The van der Waals surface area contributed by atoms with E-state index in [9.17, 15) is 18.1 Å². The number of rotatable bonds is 4. The van der Waals surface area contributed by atoms with Crippen molar-refractivity contribution < 1.29 is 21.9 Å². The van der Waals surface area contributed by atoms with Crippen LogP contribution in [-0.4, -0.2) is 30.1 Å². The number of aromatic nitrogens is 3. The first-order valence-corrected chi connectivity index (χ1v) is 10.2. The topological polar surface area (TPSA) is 123 Å². The van der Waals surface area contributed by atoms with Gasteiger partial charge in [-0.25, -0.2) is 31.8 Å². The first-order valence-electron chi connectivity index (χ1n) is 8.67. The molecule has 31 heavy (non-hydrogen) atoms. The van der Waals surface area contributed by atoms with E-state index in [4.69, 9.17) is 9.88 Å². The monoisotopic (exact) mass is 441 g/mol. The first-order chi connectivity index (χ1) is 14.7. The van der Waals surface area contributed by atoms with E-state index in [1.165, 1.54) is 30.1 Å². The van der Waals surface area contributed by atoms with Gasteiger partial charge < -0.3 is 4.74 Å². The second-order valence-corrected chi connectivity index (χ2v) is 8.01. The number of nitrogens with zero attached hydrogens (tertiary/aromatic N) is 4. The maximum absolute atomic E-state index is 15.0. The third-order valence-corrected chi connectivity index (χ3v) is 5.58. The van der Waals surface area contributed by atoms with E-state index in [0.717, 1.165) is 12.1 Å². The zero-order valence-electron chi connectivity index (χ0n) is 15.9. The van der Waals surface area contributed by atoms with Crippen molar-refractivity contribution >= 4 is 15.5 Å². The highest BCUT2D eigenvalue weighted by molar-refractivity contribution is 7.89. The molecular weight excluding hydrogens is 428 g/mol. The average molecular weight is 441 g/mol. The number of primary sulfonamides is 1. The van der Waals surface area contributed by atoms with Gasteiger partial charge in [0.05, 0.1) is 35.5 Å². The molecule has 0 aliphatic heterocycles. The Morgan fingerprint density at radius 2 is 1.94 bits per heavy atom. The molecule has 0 spiro atoms. The average Bonchev–Trinajstić information content (AvgIpc) is 3.15. The summed E-state index contributed by atoms with van der Waals surface area (Å²) in [4.78, 5) is 3.26. The maximum atomic E-state index is 15.0. The Kier molecular flexibility index (Phi) is 4.88. The molecule has 4 aromatic rings. The lowest BCUT2D eigenvalue weighted by Crippen LogP contribution is -2.15. The van der Waals surface area contributed by atoms with E-state index >= 15 is 4.39 Å². The molecule has 0 fully saturated rings. The molecule has 0 amide bonds. The molecule has 0 aliphatic rings. The lowest BCUT2D eigenvalue weighted by atomic mass is 10.0. The van der Waals surface area contributed by atoms with Crippen LogP contribution in [0.4, 0.5) is 8.78 Å². The minimum absolute atomic E-state index is 0.102. The van der Waals surface area contributed by atoms with Gasteiger partial charge in [-0.15, -0.1) is 0 Å². The van der Waals surface area contributed by atoms with Crippen molar-refractivity contribution in [3.8, 4) is 34.2 Å². The molecule has 3 heterocycles. The number of halogens is 2. The van der Waals surface area contributed by atoms with Gasteiger partial charge in [0, 0.05) is 18.0 Å². The second kappa shape index (κ2) is 7.42. The van der Waals surface area contributed by atoms with E-state index < -0.39 is 32.1 Å². The number of sulfonamides is 1. The van der Waals surface area contributed by atoms with Crippen LogP contribution in [0.15, 0.2) is 53.8 Å². The summed E-state index contributed by atoms with van der Waals surface area (Å²) in [6.45, 7) is 0. The fourth-order valence-corrected chi connectivity index (χ4v) is 3.81. The molecule has 0 saturated carbocycles. The standard InChI is InChI=1S/C20H13F2N5O3S/c1-30-20-14(18-15(21)2-3-17(19(18)22)31(24,28)29)6-12(9-25-20)11-4-5-27-16(7-11)13(8-23)10-26-27/h2-7,9-10H,1H3,(H2,24,28,29). The minimum atomic E-state index is -4.43. The number of methoxy groups -OCH3 is 1. The van der Waals surface area contributed by atoms with Crippen molar-refractivity contribution in [3.63, 3.8) is 0 Å². The molecule has 3 aromatic heterocycles. The zero-order valence-corrected chi connectivity index (χ0v) is 16.7. The van der Waals surface area contributed by atoms with Crippen LogP contribution in [0, 0.1) is 23.0 Å². The summed E-state index contributed by atoms with van der Waals surface area (Å²) in [6.07, 6.45) is 4.47. The minimum Gasteiger partial charge on any atom is -0.481 e. The summed E-state index contributed by atoms with van der Waals surface area (Å²) in [5.74, 6) is -2.48. The van der Waals surface area contributed by atoms with Crippen LogP contribution in [0.5, 0.6) is 5.88 Å². The summed E-state index contributed by atoms with van der Waals surface area (Å²) in [5, 5.41) is 18.3. The molecule has 0 radical (unpaired) electrons. The van der Waals surface area contributed by atoms with Crippen LogP contribution in [0.2, 0.25) is 0 Å². The number of ether oxygens (including phenoxy) is 1. The lowest BCUT2D eigenvalue weighted by Gasteiger charge is -2.13. The summed E-state index contributed by atoms with van der Waals surface area (Å²) < 4.78 is 59.6. The van der Waals surface area contributed by atoms with Crippen LogP contribution in [0.25, 0.3) is 27.8 Å². The number of hydrogen-bond donors (Lipinski definition) is 1. The molecule has 0 aliphatic carbocycles. The van der Waals surface area contributed by atoms with Crippen LogP contribution >= 0.6 is 0 Å². The highest BCUT2D eigenvalue weighted by Crippen LogP contribution is 2.37. The van der Waals surface area contributed by atoms with E-state index in [2.05, 4.69) is 10.1 Å². The van der Waals surface area contributed by atoms with Crippen molar-refractivity contribution in [1.82, 2.24) is 14.6 Å². The SMILES string of the molecule is COc1ncc(-c2ccn3ncc(C#N)c3c2)cc1-c1c(F)ccc(S(N)(=O)=O)c1F. The number of fused-ring (bicyclic) bond motifs is 1. The summed E-state index contributed by atoms with van der Waals surface area (Å²) in [5.41, 5.74) is 1.18. The van der Waals surface area contributed by atoms with E-state index in [0.29, 0.717) is 22.2 Å². The van der Waals surface area contributed by atoms with Crippen molar-refractivity contribution in [2.75, 3.05) is 7.11 Å². The smallest absolute Gasteiger partial charge is 0.240 e. The molecule has 8 nitrogen and oxygen atoms in total. The van der Waals surface area contributed by atoms with Gasteiger partial charge in [-0.2, -0.15) is 10.4 Å². The van der Waals surface area contributed by atoms with E-state index in [1.807, 2.05) is 6.07 Å². The van der Waals surface area contributed by atoms with E-state index in [-0.39, 0.29) is 11.4 Å². The summed E-state index contributed by atoms with van der Waals surface area (Å²) in [7, 11) is -3.17. The predicted octanol–water partition coefficient (Wildman–Crippen LogP) is 2.87. The molecular formula is C20H13F2N5O3S. The number of benzene rings is 1. The van der Waals surface area contributed by atoms with Gasteiger partial charge >= 0.3 is 0 Å². The largest absolute Gasteiger partial charge is 0.481 e. The highest BCUT2D eigenvalue weighted by Gasteiger charge is 2.25. The molecule has 156 valence electrons. The molecule has 2 N–H and O–H groups in total. The molecule has 11 heteroatoms. The predicted molar refractivity (Wildman–Crippen MR) is 106 cm³/mol. The van der Waals surface area contributed by atoms with Crippen molar-refractivity contribution in [2.24, 2.45) is 5.14 Å². The molecule has 0 atom stereocenters. The third-order valence-electron chi connectivity index (χ3n) is 4.65. The quantitative estimate of drug-likeness (QED) is 0.519. The molecule has 0 unspecified atom stereocenters. The van der Waals surface area contributed by atoms with Gasteiger partial charge in [0.25, 0.3) is 0 Å². The van der Waals surface area contributed by atoms with Gasteiger partial charge in [0.2, 0.25) is 15.9 Å². The Morgan fingerprint density at radius 1 is 1.16 bits per heavy atom. The number of nitriles is 1. The van der Waals surface area contributed by atoms with Gasteiger partial charge in [-0.1, -0.05) is 0 Å². The normalized spacial score (nSPS) is 11.5. The highest BCUT2D eigenvalue weighted by atomic mass is 32.2. The van der Waals surface area contributed by atoms with Crippen LogP contribution < -0.4 is 9.88 Å². The number of hydrogen-bond acceptors (Lipinski definition) is 6. The Labute approximate surface area is 175 Å². The molecule has 0 bridgehead atoms. The fourth-order valence-electron chi connectivity index (χ4n) is 3.20. The van der Waals surface area contributed by atoms with Gasteiger partial charge in [-0.05, 0) is 35.9 Å². The summed E-state index contributed by atoms with van der Waals surface area (Å²) >= 11 is 0. The Morgan fingerprint density at radius 3 is 2.61 bits per heavy atom. The first kappa shape index (κ1) is 20.4. The fraction of sp³-hybridized carbons (Fsp3) is 0.0500. The van der Waals surface area contributed by atoms with Gasteiger partial charge in [0.15, 0.2) is 5.82 Å². The molecule has 4 rings (SSSR count). The molecule has 0 saturated heterocycles. The Hall–Kier alpha value is -3.88. The van der Waals surface area contributed by atoms with Gasteiger partial charge in [0.1, 0.15) is 16.8 Å². The summed E-state index contributed by atoms with van der Waals surface area (Å²) in [6, 6.07) is 8.36. The zero-order chi connectivity index (χ0) is 22.3. The van der Waals surface area contributed by atoms with Crippen LogP contribution in [0.3, 0.4) is 0 Å². The molecule has 1 aromatic carbocycles. The maximum Gasteiger partial charge on any atom is 0.240 e. The third kappa shape index (κ3) is 3.48.